The quantitative estimate of drug-likeness (QED) is 0.715. The molecule has 0 saturated carbocycles. The number of aromatic nitrogens is 2. The molecule has 1 amide bonds. The van der Waals surface area contributed by atoms with Crippen LogP contribution in [0, 0.1) is 17.5 Å². The second-order valence-corrected chi connectivity index (χ2v) is 5.66. The Labute approximate surface area is 150 Å². The average Bonchev–Trinajstić information content (AvgIpc) is 2.60. The van der Waals surface area contributed by atoms with Gasteiger partial charge in [-0.3, -0.25) is 9.78 Å². The van der Waals surface area contributed by atoms with E-state index >= 15 is 0 Å². The number of nitrogens with zero attached hydrogens (tertiary/aromatic N) is 2. The molecular weight excluding hydrogens is 363 g/mol. The number of hydrogen-bond donors (Lipinski definition) is 2. The summed E-state index contributed by atoms with van der Waals surface area (Å²) in [4.78, 5) is 31.9. The molecule has 0 bridgehead atoms. The Morgan fingerprint density at radius 1 is 1.07 bits per heavy atom. The van der Waals surface area contributed by atoms with Crippen molar-refractivity contribution in [2.75, 3.05) is 0 Å². The Morgan fingerprint density at radius 2 is 1.70 bits per heavy atom. The molecule has 0 aliphatic carbocycles. The smallest absolute Gasteiger partial charge is 0.326 e. The van der Waals surface area contributed by atoms with E-state index in [4.69, 9.17) is 0 Å². The fraction of sp³-hybridized carbons (Fsp3) is 0.111. The molecule has 138 valence electrons. The van der Waals surface area contributed by atoms with Crippen molar-refractivity contribution in [3.63, 3.8) is 0 Å². The number of rotatable bonds is 5. The van der Waals surface area contributed by atoms with Crippen LogP contribution >= 0.6 is 0 Å². The summed E-state index contributed by atoms with van der Waals surface area (Å²) in [5.74, 6) is -6.80. The molecule has 3 rings (SSSR count). The Kier molecular flexibility index (Phi) is 5.02. The Balaban J connectivity index is 1.83. The molecule has 0 fully saturated rings. The largest absolute Gasteiger partial charge is 0.480 e. The third-order valence-corrected chi connectivity index (χ3v) is 3.75. The molecule has 3 aromatic rings. The molecular formula is C18H12F3N3O3. The maximum Gasteiger partial charge on any atom is 0.326 e. The summed E-state index contributed by atoms with van der Waals surface area (Å²) < 4.78 is 40.4. The average molecular weight is 375 g/mol. The number of amides is 1. The van der Waals surface area contributed by atoms with Crippen LogP contribution in [0.15, 0.2) is 42.6 Å². The molecule has 0 aliphatic rings. The zero-order valence-electron chi connectivity index (χ0n) is 13.6. The van der Waals surface area contributed by atoms with Gasteiger partial charge in [0, 0.05) is 24.8 Å². The second-order valence-electron chi connectivity index (χ2n) is 5.66. The molecule has 0 aliphatic heterocycles. The van der Waals surface area contributed by atoms with Gasteiger partial charge in [-0.2, -0.15) is 0 Å². The van der Waals surface area contributed by atoms with Crippen LogP contribution in [0.1, 0.15) is 16.1 Å². The van der Waals surface area contributed by atoms with Gasteiger partial charge in [0.15, 0.2) is 0 Å². The van der Waals surface area contributed by atoms with Crippen LogP contribution in [0.5, 0.6) is 0 Å². The Hall–Kier alpha value is -3.49. The van der Waals surface area contributed by atoms with Crippen LogP contribution in [0.25, 0.3) is 11.0 Å². The highest BCUT2D eigenvalue weighted by Gasteiger charge is 2.26. The van der Waals surface area contributed by atoms with E-state index in [-0.39, 0.29) is 12.1 Å². The second kappa shape index (κ2) is 7.40. The fourth-order valence-corrected chi connectivity index (χ4v) is 2.49. The van der Waals surface area contributed by atoms with Crippen molar-refractivity contribution < 1.29 is 27.9 Å². The van der Waals surface area contributed by atoms with E-state index in [1.807, 2.05) is 5.32 Å². The zero-order chi connectivity index (χ0) is 19.6. The number of halogens is 3. The summed E-state index contributed by atoms with van der Waals surface area (Å²) in [6.07, 6.45) is 1.09. The van der Waals surface area contributed by atoms with Gasteiger partial charge in [0.05, 0.1) is 16.7 Å². The van der Waals surface area contributed by atoms with Crippen LogP contribution in [-0.2, 0) is 11.2 Å². The molecule has 0 saturated heterocycles. The predicted molar refractivity (Wildman–Crippen MR) is 88.4 cm³/mol. The predicted octanol–water partition coefficient (Wildman–Crippen LogP) is 2.47. The van der Waals surface area contributed by atoms with Crippen molar-refractivity contribution in [1.82, 2.24) is 15.3 Å². The van der Waals surface area contributed by atoms with Gasteiger partial charge in [-0.1, -0.05) is 12.1 Å². The van der Waals surface area contributed by atoms with Gasteiger partial charge in [0.2, 0.25) is 0 Å². The van der Waals surface area contributed by atoms with Crippen LogP contribution in [0.4, 0.5) is 13.2 Å². The first kappa shape index (κ1) is 18.3. The molecule has 6 nitrogen and oxygen atoms in total. The molecule has 0 unspecified atom stereocenters. The normalized spacial score (nSPS) is 12.0. The molecule has 0 spiro atoms. The molecule has 1 atom stereocenters. The summed E-state index contributed by atoms with van der Waals surface area (Å²) >= 11 is 0. The lowest BCUT2D eigenvalue weighted by Crippen LogP contribution is -2.43. The zero-order valence-corrected chi connectivity index (χ0v) is 13.6. The maximum absolute atomic E-state index is 13.7. The lowest BCUT2D eigenvalue weighted by atomic mass is 10.1. The Bertz CT molecular complexity index is 1020. The van der Waals surface area contributed by atoms with E-state index in [0.29, 0.717) is 23.2 Å². The summed E-state index contributed by atoms with van der Waals surface area (Å²) in [6.45, 7) is 0. The first-order valence-corrected chi connectivity index (χ1v) is 7.74. The highest BCUT2D eigenvalue weighted by atomic mass is 19.1. The minimum absolute atomic E-state index is 0.261. The van der Waals surface area contributed by atoms with Gasteiger partial charge in [0.25, 0.3) is 5.91 Å². The number of nitrogens with one attached hydrogen (secondary N) is 1. The monoisotopic (exact) mass is 375 g/mol. The number of para-hydroxylation sites is 2. The number of benzene rings is 2. The highest BCUT2D eigenvalue weighted by molar-refractivity contribution is 5.97. The summed E-state index contributed by atoms with van der Waals surface area (Å²) in [7, 11) is 0. The summed E-state index contributed by atoms with van der Waals surface area (Å²) in [5.41, 5.74) is 0.336. The number of carbonyl (C=O) groups is 2. The molecule has 27 heavy (non-hydrogen) atoms. The van der Waals surface area contributed by atoms with E-state index in [0.717, 1.165) is 0 Å². The van der Waals surface area contributed by atoms with E-state index in [1.54, 1.807) is 24.3 Å². The number of carboxylic acid groups (broad SMARTS) is 1. The highest BCUT2D eigenvalue weighted by Crippen LogP contribution is 2.15. The van der Waals surface area contributed by atoms with Crippen molar-refractivity contribution in [2.24, 2.45) is 0 Å². The van der Waals surface area contributed by atoms with Crippen molar-refractivity contribution >= 4 is 22.9 Å². The number of carboxylic acids is 1. The summed E-state index contributed by atoms with van der Waals surface area (Å²) in [5, 5.41) is 11.3. The first-order valence-electron chi connectivity index (χ1n) is 7.74. The van der Waals surface area contributed by atoms with Crippen molar-refractivity contribution in [3.05, 3.63) is 71.3 Å². The lowest BCUT2D eigenvalue weighted by Gasteiger charge is -2.15. The Morgan fingerprint density at radius 3 is 2.33 bits per heavy atom. The van der Waals surface area contributed by atoms with Crippen molar-refractivity contribution in [1.29, 1.82) is 0 Å². The topological polar surface area (TPSA) is 92.2 Å². The molecule has 9 heteroatoms. The van der Waals surface area contributed by atoms with Crippen LogP contribution in [0.3, 0.4) is 0 Å². The van der Waals surface area contributed by atoms with Gasteiger partial charge in [0.1, 0.15) is 29.1 Å². The fourth-order valence-electron chi connectivity index (χ4n) is 2.49. The van der Waals surface area contributed by atoms with Crippen LogP contribution in [-0.4, -0.2) is 33.0 Å². The minimum Gasteiger partial charge on any atom is -0.480 e. The van der Waals surface area contributed by atoms with E-state index in [9.17, 15) is 27.9 Å². The van der Waals surface area contributed by atoms with Crippen LogP contribution in [0.2, 0.25) is 0 Å². The first-order chi connectivity index (χ1) is 12.8. The third kappa shape index (κ3) is 4.02. The van der Waals surface area contributed by atoms with Gasteiger partial charge in [-0.15, -0.1) is 0 Å². The lowest BCUT2D eigenvalue weighted by molar-refractivity contribution is -0.139. The van der Waals surface area contributed by atoms with Gasteiger partial charge in [-0.25, -0.2) is 22.9 Å². The molecule has 0 radical (unpaired) electrons. The SMILES string of the molecule is O=C(N[C@H](Cc1cnc2ccccc2n1)C(=O)O)c1c(F)cc(F)cc1F. The molecule has 1 aromatic heterocycles. The molecule has 2 N–H and O–H groups in total. The van der Waals surface area contributed by atoms with Gasteiger partial charge in [-0.05, 0) is 12.1 Å². The molecule has 1 heterocycles. The number of aliphatic carboxylic acids is 1. The number of hydrogen-bond acceptors (Lipinski definition) is 4. The summed E-state index contributed by atoms with van der Waals surface area (Å²) in [6, 6.07) is 6.06. The van der Waals surface area contributed by atoms with E-state index in [2.05, 4.69) is 9.97 Å². The van der Waals surface area contributed by atoms with Gasteiger partial charge >= 0.3 is 5.97 Å². The van der Waals surface area contributed by atoms with E-state index in [1.165, 1.54) is 6.20 Å². The van der Waals surface area contributed by atoms with Crippen molar-refractivity contribution in [2.45, 2.75) is 12.5 Å². The standard InChI is InChI=1S/C18H12F3N3O3/c19-9-5-11(20)16(12(21)6-9)17(25)24-15(18(26)27)7-10-8-22-13-3-1-2-4-14(13)23-10/h1-6,8,15H,7H2,(H,24,25)(H,26,27)/t15-/m1/s1. The minimum atomic E-state index is -1.52. The number of fused-ring (bicyclic) bond motifs is 1. The van der Waals surface area contributed by atoms with Crippen molar-refractivity contribution in [3.8, 4) is 0 Å². The van der Waals surface area contributed by atoms with E-state index < -0.39 is 40.9 Å². The van der Waals surface area contributed by atoms with Crippen LogP contribution < -0.4 is 5.32 Å². The third-order valence-electron chi connectivity index (χ3n) is 3.75. The van der Waals surface area contributed by atoms with Gasteiger partial charge < -0.3 is 10.4 Å². The number of carbonyl (C=O) groups excluding carboxylic acids is 1. The maximum atomic E-state index is 13.7. The molecule has 2 aromatic carbocycles.